The minimum Gasteiger partial charge on any atom is -0.352 e. The zero-order chi connectivity index (χ0) is 12.7. The van der Waals surface area contributed by atoms with E-state index in [-0.39, 0.29) is 12.1 Å². The number of benzene rings is 1. The van der Waals surface area contributed by atoms with Crippen molar-refractivity contribution in [1.82, 2.24) is 10.6 Å². The van der Waals surface area contributed by atoms with Crippen molar-refractivity contribution in [2.45, 2.75) is 6.54 Å². The Labute approximate surface area is 98.9 Å². The summed E-state index contributed by atoms with van der Waals surface area (Å²) in [5.74, 6) is 1.88. The lowest BCUT2D eigenvalue weighted by Gasteiger charge is -2.10. The van der Waals surface area contributed by atoms with Gasteiger partial charge in [-0.25, -0.2) is 8.78 Å². The summed E-state index contributed by atoms with van der Waals surface area (Å²) >= 11 is 0. The minimum atomic E-state index is -0.477. The Bertz CT molecular complexity index is 450. The van der Waals surface area contributed by atoms with Gasteiger partial charge in [0.1, 0.15) is 11.6 Å². The predicted octanol–water partition coefficient (Wildman–Crippen LogP) is 1.26. The van der Waals surface area contributed by atoms with Crippen LogP contribution in [0.15, 0.2) is 23.2 Å². The van der Waals surface area contributed by atoms with E-state index in [0.717, 1.165) is 18.2 Å². The molecule has 1 aromatic carbocycles. The van der Waals surface area contributed by atoms with Gasteiger partial charge in [0.25, 0.3) is 0 Å². The second-order valence-electron chi connectivity index (χ2n) is 3.22. The molecule has 0 saturated heterocycles. The van der Waals surface area contributed by atoms with E-state index in [4.69, 9.17) is 6.42 Å². The molecule has 0 atom stereocenters. The summed E-state index contributed by atoms with van der Waals surface area (Å²) < 4.78 is 26.2. The molecule has 0 aliphatic carbocycles. The molecule has 0 aromatic heterocycles. The molecule has 1 aromatic rings. The molecule has 3 nitrogen and oxygen atoms in total. The van der Waals surface area contributed by atoms with Gasteiger partial charge in [0.05, 0.1) is 6.54 Å². The molecule has 0 bridgehead atoms. The van der Waals surface area contributed by atoms with Crippen molar-refractivity contribution < 1.29 is 8.78 Å². The van der Waals surface area contributed by atoms with Crippen molar-refractivity contribution in [3.63, 3.8) is 0 Å². The first-order chi connectivity index (χ1) is 8.17. The monoisotopic (exact) mass is 237 g/mol. The van der Waals surface area contributed by atoms with E-state index >= 15 is 0 Å². The van der Waals surface area contributed by atoms with Crippen molar-refractivity contribution in [3.8, 4) is 12.3 Å². The van der Waals surface area contributed by atoms with Gasteiger partial charge in [-0.2, -0.15) is 0 Å². The van der Waals surface area contributed by atoms with E-state index in [0.29, 0.717) is 12.5 Å². The van der Waals surface area contributed by atoms with Crippen LogP contribution in [-0.4, -0.2) is 19.6 Å². The Morgan fingerprint density at radius 3 is 2.82 bits per heavy atom. The van der Waals surface area contributed by atoms with Gasteiger partial charge < -0.3 is 10.6 Å². The Morgan fingerprint density at radius 2 is 2.18 bits per heavy atom. The third-order valence-electron chi connectivity index (χ3n) is 2.04. The maximum atomic E-state index is 13.3. The van der Waals surface area contributed by atoms with E-state index < -0.39 is 11.6 Å². The van der Waals surface area contributed by atoms with Crippen LogP contribution in [0.3, 0.4) is 0 Å². The zero-order valence-corrected chi connectivity index (χ0v) is 9.43. The molecular weight excluding hydrogens is 224 g/mol. The normalized spacial score (nSPS) is 10.8. The van der Waals surface area contributed by atoms with Crippen LogP contribution in [0.4, 0.5) is 8.78 Å². The Hall–Kier alpha value is -2.09. The fraction of sp³-hybridized carbons (Fsp3) is 0.250. The second-order valence-corrected chi connectivity index (χ2v) is 3.22. The third kappa shape index (κ3) is 4.11. The number of nitrogens with one attached hydrogen (secondary N) is 2. The highest BCUT2D eigenvalue weighted by molar-refractivity contribution is 5.79. The minimum absolute atomic E-state index is 0.133. The first-order valence-electron chi connectivity index (χ1n) is 4.99. The summed E-state index contributed by atoms with van der Waals surface area (Å²) in [5, 5.41) is 5.64. The van der Waals surface area contributed by atoms with Crippen LogP contribution in [0.25, 0.3) is 0 Å². The lowest BCUT2D eigenvalue weighted by Crippen LogP contribution is -2.37. The number of guanidine groups is 1. The van der Waals surface area contributed by atoms with E-state index in [2.05, 4.69) is 21.5 Å². The van der Waals surface area contributed by atoms with Crippen LogP contribution in [0, 0.1) is 24.0 Å². The molecule has 0 amide bonds. The van der Waals surface area contributed by atoms with Gasteiger partial charge in [-0.1, -0.05) is 5.92 Å². The van der Waals surface area contributed by atoms with Crippen molar-refractivity contribution in [2.75, 3.05) is 13.6 Å². The number of halogens is 2. The van der Waals surface area contributed by atoms with E-state index in [1.54, 1.807) is 7.05 Å². The number of rotatable bonds is 3. The second kappa shape index (κ2) is 6.48. The Kier molecular flexibility index (Phi) is 4.95. The van der Waals surface area contributed by atoms with Gasteiger partial charge >= 0.3 is 0 Å². The summed E-state index contributed by atoms with van der Waals surface area (Å²) in [7, 11) is 1.56. The van der Waals surface area contributed by atoms with Crippen molar-refractivity contribution in [3.05, 3.63) is 35.4 Å². The molecule has 5 heteroatoms. The van der Waals surface area contributed by atoms with Crippen LogP contribution < -0.4 is 10.6 Å². The summed E-state index contributed by atoms with van der Waals surface area (Å²) in [6.45, 7) is 0.444. The lowest BCUT2D eigenvalue weighted by molar-refractivity contribution is 0.581. The molecule has 2 N–H and O–H groups in total. The van der Waals surface area contributed by atoms with E-state index in [9.17, 15) is 8.78 Å². The molecule has 0 spiro atoms. The molecule has 0 aliphatic rings. The zero-order valence-electron chi connectivity index (χ0n) is 9.43. The molecule has 0 radical (unpaired) electrons. The molecular formula is C12H13F2N3. The predicted molar refractivity (Wildman–Crippen MR) is 63.4 cm³/mol. The SMILES string of the molecule is C#CCNC(=NC)NCc1cc(F)ccc1F. The van der Waals surface area contributed by atoms with Crippen LogP contribution in [0.2, 0.25) is 0 Å². The van der Waals surface area contributed by atoms with Crippen molar-refractivity contribution in [1.29, 1.82) is 0 Å². The standard InChI is InChI=1S/C12H13F2N3/c1-3-6-16-12(15-2)17-8-9-7-10(13)4-5-11(9)14/h1,4-5,7H,6,8H2,2H3,(H2,15,16,17). The number of hydrogen-bond donors (Lipinski definition) is 2. The van der Waals surface area contributed by atoms with Crippen molar-refractivity contribution in [2.24, 2.45) is 4.99 Å². The van der Waals surface area contributed by atoms with Gasteiger partial charge in [0, 0.05) is 19.2 Å². The molecule has 0 saturated carbocycles. The number of aliphatic imine (C=N–C) groups is 1. The number of hydrogen-bond acceptors (Lipinski definition) is 1. The van der Waals surface area contributed by atoms with E-state index in [1.165, 1.54) is 0 Å². The maximum Gasteiger partial charge on any atom is 0.192 e. The van der Waals surface area contributed by atoms with E-state index in [1.807, 2.05) is 0 Å². The number of nitrogens with zero attached hydrogens (tertiary/aromatic N) is 1. The molecule has 0 aliphatic heterocycles. The maximum absolute atomic E-state index is 13.3. The van der Waals surface area contributed by atoms with Gasteiger partial charge in [-0.15, -0.1) is 6.42 Å². The highest BCUT2D eigenvalue weighted by atomic mass is 19.1. The average molecular weight is 237 g/mol. The highest BCUT2D eigenvalue weighted by Gasteiger charge is 2.04. The van der Waals surface area contributed by atoms with Gasteiger partial charge in [0.15, 0.2) is 5.96 Å². The van der Waals surface area contributed by atoms with Gasteiger partial charge in [0.2, 0.25) is 0 Å². The third-order valence-corrected chi connectivity index (χ3v) is 2.04. The average Bonchev–Trinajstić information content (AvgIpc) is 2.33. The lowest BCUT2D eigenvalue weighted by atomic mass is 10.2. The first kappa shape index (κ1) is 13.0. The summed E-state index contributed by atoms with van der Waals surface area (Å²) in [5.41, 5.74) is 0.230. The summed E-state index contributed by atoms with van der Waals surface area (Å²) in [6, 6.07) is 3.30. The fourth-order valence-electron chi connectivity index (χ4n) is 1.21. The van der Waals surface area contributed by atoms with Crippen LogP contribution in [0.5, 0.6) is 0 Å². The molecule has 0 fully saturated rings. The smallest absolute Gasteiger partial charge is 0.192 e. The van der Waals surface area contributed by atoms with Crippen LogP contribution in [0.1, 0.15) is 5.56 Å². The largest absolute Gasteiger partial charge is 0.352 e. The molecule has 17 heavy (non-hydrogen) atoms. The highest BCUT2D eigenvalue weighted by Crippen LogP contribution is 2.08. The van der Waals surface area contributed by atoms with Gasteiger partial charge in [-0.05, 0) is 18.2 Å². The molecule has 90 valence electrons. The summed E-state index contributed by atoms with van der Waals surface area (Å²) in [4.78, 5) is 3.88. The Morgan fingerprint density at radius 1 is 1.41 bits per heavy atom. The molecule has 0 unspecified atom stereocenters. The fourth-order valence-corrected chi connectivity index (χ4v) is 1.21. The topological polar surface area (TPSA) is 36.4 Å². The quantitative estimate of drug-likeness (QED) is 0.472. The van der Waals surface area contributed by atoms with Crippen molar-refractivity contribution >= 4 is 5.96 Å². The Balaban J connectivity index is 2.60. The van der Waals surface area contributed by atoms with Crippen LogP contribution >= 0.6 is 0 Å². The number of terminal acetylenes is 1. The molecule has 1 rings (SSSR count). The van der Waals surface area contributed by atoms with Gasteiger partial charge in [-0.3, -0.25) is 4.99 Å². The van der Waals surface area contributed by atoms with Crippen LogP contribution in [-0.2, 0) is 6.54 Å². The first-order valence-corrected chi connectivity index (χ1v) is 4.99. The summed E-state index contributed by atoms with van der Waals surface area (Å²) in [6.07, 6.45) is 5.08. The molecule has 0 heterocycles.